The summed E-state index contributed by atoms with van der Waals surface area (Å²) in [5.41, 5.74) is -4.45. The number of fused-ring (bicyclic) bond motifs is 1. The van der Waals surface area contributed by atoms with Gasteiger partial charge in [0.2, 0.25) is 0 Å². The van der Waals surface area contributed by atoms with E-state index in [-0.39, 0.29) is 11.3 Å². The Morgan fingerprint density at radius 3 is 2.57 bits per heavy atom. The molecule has 0 fully saturated rings. The Morgan fingerprint density at radius 1 is 1.17 bits per heavy atom. The Balaban J connectivity index is 1.68. The zero-order valence-corrected chi connectivity index (χ0v) is 18.4. The zero-order chi connectivity index (χ0) is 25.6. The molecule has 0 aliphatic carbocycles. The maximum Gasteiger partial charge on any atom is 0.435 e. The normalized spacial score (nSPS) is 18.7. The molecule has 3 heterocycles. The van der Waals surface area contributed by atoms with Gasteiger partial charge < -0.3 is 9.57 Å². The molecule has 1 aliphatic rings. The van der Waals surface area contributed by atoms with E-state index in [0.29, 0.717) is 23.3 Å². The van der Waals surface area contributed by atoms with Crippen LogP contribution in [0.5, 0.6) is 0 Å². The van der Waals surface area contributed by atoms with Gasteiger partial charge in [-0.05, 0) is 42.5 Å². The molecule has 3 aromatic rings. The molecular weight excluding hydrogens is 504 g/mol. The van der Waals surface area contributed by atoms with Gasteiger partial charge in [0, 0.05) is 22.7 Å². The van der Waals surface area contributed by atoms with Gasteiger partial charge in [0.05, 0.1) is 42.0 Å². The van der Waals surface area contributed by atoms with Crippen molar-refractivity contribution in [3.05, 3.63) is 76.3 Å². The predicted molar refractivity (Wildman–Crippen MR) is 113 cm³/mol. The van der Waals surface area contributed by atoms with Crippen LogP contribution in [0, 0.1) is 0 Å². The third kappa shape index (κ3) is 4.45. The summed E-state index contributed by atoms with van der Waals surface area (Å²) in [4.78, 5) is 20.6. The minimum absolute atomic E-state index is 0.179. The Kier molecular flexibility index (Phi) is 6.04. The van der Waals surface area contributed by atoms with E-state index in [1.165, 1.54) is 48.3 Å². The van der Waals surface area contributed by atoms with Crippen molar-refractivity contribution in [2.75, 3.05) is 7.11 Å². The number of oxime groups is 1. The van der Waals surface area contributed by atoms with Crippen molar-refractivity contribution >= 4 is 34.9 Å². The lowest BCUT2D eigenvalue weighted by molar-refractivity contribution is -0.276. The van der Waals surface area contributed by atoms with Crippen molar-refractivity contribution in [3.63, 3.8) is 0 Å². The Labute approximate surface area is 198 Å². The van der Waals surface area contributed by atoms with Crippen LogP contribution in [0.15, 0.2) is 54.1 Å². The third-order valence-corrected chi connectivity index (χ3v) is 5.58. The second kappa shape index (κ2) is 8.59. The molecule has 1 aliphatic heterocycles. The largest absolute Gasteiger partial charge is 0.465 e. The van der Waals surface area contributed by atoms with E-state index in [1.807, 2.05) is 0 Å². The number of hydrogen-bond acceptors (Lipinski definition) is 5. The fraction of sp³-hybridized carbons (Fsp3) is 0.227. The van der Waals surface area contributed by atoms with Gasteiger partial charge in [-0.15, -0.1) is 0 Å². The molecule has 0 bridgehead atoms. The predicted octanol–water partition coefficient (Wildman–Crippen LogP) is 6.04. The Morgan fingerprint density at radius 2 is 1.91 bits per heavy atom. The Bertz CT molecular complexity index is 1360. The van der Waals surface area contributed by atoms with Crippen LogP contribution in [-0.2, 0) is 21.4 Å². The number of esters is 1. The fourth-order valence-corrected chi connectivity index (χ4v) is 3.87. The number of carbonyl (C=O) groups is 1. The number of rotatable bonds is 4. The SMILES string of the molecule is COC(=O)c1ccc(C=CC2=NOC(c3cc(Cl)cc(C(F)(F)F)c3)(C(F)(F)F)C2)n2cncc12. The number of carbonyl (C=O) groups excluding carboxylic acids is 1. The smallest absolute Gasteiger partial charge is 0.435 e. The minimum atomic E-state index is -5.11. The van der Waals surface area contributed by atoms with Crippen molar-refractivity contribution in [3.8, 4) is 0 Å². The van der Waals surface area contributed by atoms with Gasteiger partial charge in [-0.1, -0.05) is 16.8 Å². The number of halogens is 7. The van der Waals surface area contributed by atoms with Gasteiger partial charge in [0.15, 0.2) is 0 Å². The highest BCUT2D eigenvalue weighted by molar-refractivity contribution is 6.30. The average Bonchev–Trinajstić information content (AvgIpc) is 3.44. The maximum atomic E-state index is 14.1. The summed E-state index contributed by atoms with van der Waals surface area (Å²) in [6, 6.07) is 4.62. The second-order valence-corrected chi connectivity index (χ2v) is 7.98. The molecule has 0 saturated heterocycles. The zero-order valence-electron chi connectivity index (χ0n) is 17.6. The van der Waals surface area contributed by atoms with E-state index < -0.39 is 46.5 Å². The second-order valence-electron chi connectivity index (χ2n) is 7.55. The molecule has 0 amide bonds. The molecule has 1 unspecified atom stereocenters. The number of pyridine rings is 1. The van der Waals surface area contributed by atoms with E-state index in [4.69, 9.17) is 21.2 Å². The number of imidazole rings is 1. The summed E-state index contributed by atoms with van der Waals surface area (Å²) in [5.74, 6) is -0.602. The number of hydrogen-bond donors (Lipinski definition) is 0. The molecular formula is C22H14ClF6N3O3. The lowest BCUT2D eigenvalue weighted by Crippen LogP contribution is -2.42. The van der Waals surface area contributed by atoms with Crippen molar-refractivity contribution in [2.24, 2.45) is 5.16 Å². The van der Waals surface area contributed by atoms with Crippen LogP contribution in [0.3, 0.4) is 0 Å². The summed E-state index contributed by atoms with van der Waals surface area (Å²) in [7, 11) is 1.21. The molecule has 1 atom stereocenters. The van der Waals surface area contributed by atoms with E-state index >= 15 is 0 Å². The van der Waals surface area contributed by atoms with Crippen LogP contribution in [0.4, 0.5) is 26.3 Å². The molecule has 0 N–H and O–H groups in total. The first-order chi connectivity index (χ1) is 16.4. The summed E-state index contributed by atoms with van der Waals surface area (Å²) >= 11 is 5.70. The van der Waals surface area contributed by atoms with Crippen LogP contribution in [-0.4, -0.2) is 34.4 Å². The van der Waals surface area contributed by atoms with Gasteiger partial charge in [-0.3, -0.25) is 4.40 Å². The van der Waals surface area contributed by atoms with E-state index in [2.05, 4.69) is 10.1 Å². The van der Waals surface area contributed by atoms with Crippen molar-refractivity contribution in [1.29, 1.82) is 0 Å². The molecule has 184 valence electrons. The highest BCUT2D eigenvalue weighted by atomic mass is 35.5. The summed E-state index contributed by atoms with van der Waals surface area (Å²) in [5, 5.41) is 2.95. The lowest BCUT2D eigenvalue weighted by atomic mass is 9.87. The first kappa shape index (κ1) is 24.6. The molecule has 1 aromatic carbocycles. The van der Waals surface area contributed by atoms with Gasteiger partial charge in [0.1, 0.15) is 0 Å². The quantitative estimate of drug-likeness (QED) is 0.313. The molecule has 2 aromatic heterocycles. The van der Waals surface area contributed by atoms with Crippen LogP contribution < -0.4 is 0 Å². The van der Waals surface area contributed by atoms with Crippen LogP contribution >= 0.6 is 11.6 Å². The molecule has 6 nitrogen and oxygen atoms in total. The average molecular weight is 518 g/mol. The van der Waals surface area contributed by atoms with Crippen LogP contribution in [0.1, 0.15) is 33.6 Å². The van der Waals surface area contributed by atoms with Crippen molar-refractivity contribution in [2.45, 2.75) is 24.4 Å². The molecule has 35 heavy (non-hydrogen) atoms. The standard InChI is InChI=1S/C22H14ClF6N3O3/c1-34-19(33)17-5-4-16(32-11-30-10-18(17)32)3-2-15-9-20(35-31-15,22(27,28)29)12-6-13(21(24,25)26)8-14(23)7-12/h2-8,10-11H,9H2,1H3. The van der Waals surface area contributed by atoms with Gasteiger partial charge in [0.25, 0.3) is 5.60 Å². The Hall–Kier alpha value is -3.54. The number of allylic oxidation sites excluding steroid dienone is 1. The summed E-state index contributed by atoms with van der Waals surface area (Å²) in [6.45, 7) is 0. The van der Waals surface area contributed by atoms with Crippen molar-refractivity contribution < 1.29 is 40.7 Å². The van der Waals surface area contributed by atoms with E-state index in [9.17, 15) is 31.1 Å². The highest BCUT2D eigenvalue weighted by Gasteiger charge is 2.62. The number of nitrogens with zero attached hydrogens (tertiary/aromatic N) is 3. The van der Waals surface area contributed by atoms with Crippen LogP contribution in [0.2, 0.25) is 5.02 Å². The molecule has 0 radical (unpaired) electrons. The molecule has 4 rings (SSSR count). The van der Waals surface area contributed by atoms with E-state index in [0.717, 1.165) is 6.07 Å². The number of aromatic nitrogens is 2. The monoisotopic (exact) mass is 517 g/mol. The van der Waals surface area contributed by atoms with Gasteiger partial charge >= 0.3 is 18.3 Å². The topological polar surface area (TPSA) is 65.2 Å². The lowest BCUT2D eigenvalue weighted by Gasteiger charge is -2.30. The fourth-order valence-electron chi connectivity index (χ4n) is 3.64. The van der Waals surface area contributed by atoms with Crippen molar-refractivity contribution in [1.82, 2.24) is 9.38 Å². The summed E-state index contributed by atoms with van der Waals surface area (Å²) in [6.07, 6.45) is -5.48. The first-order valence-corrected chi connectivity index (χ1v) is 10.1. The molecule has 0 spiro atoms. The minimum Gasteiger partial charge on any atom is -0.465 e. The number of ether oxygens (including phenoxy) is 1. The number of alkyl halides is 6. The number of benzene rings is 1. The van der Waals surface area contributed by atoms with E-state index in [1.54, 1.807) is 0 Å². The van der Waals surface area contributed by atoms with Gasteiger partial charge in [-0.25, -0.2) is 9.78 Å². The highest BCUT2D eigenvalue weighted by Crippen LogP contribution is 2.49. The van der Waals surface area contributed by atoms with Crippen LogP contribution in [0.25, 0.3) is 11.6 Å². The first-order valence-electron chi connectivity index (χ1n) is 9.77. The molecule has 13 heteroatoms. The summed E-state index contributed by atoms with van der Waals surface area (Å²) < 4.78 is 88.1. The maximum absolute atomic E-state index is 14.1. The molecule has 0 saturated carbocycles. The number of methoxy groups -OCH3 is 1. The third-order valence-electron chi connectivity index (χ3n) is 5.36. The van der Waals surface area contributed by atoms with Gasteiger partial charge in [-0.2, -0.15) is 26.3 Å².